The van der Waals surface area contributed by atoms with E-state index in [1.807, 2.05) is 6.92 Å². The molecule has 20 heavy (non-hydrogen) atoms. The minimum absolute atomic E-state index is 0.0537. The van der Waals surface area contributed by atoms with Crippen LogP contribution >= 0.6 is 0 Å². The third-order valence-corrected chi connectivity index (χ3v) is 4.46. The average Bonchev–Trinajstić information content (AvgIpc) is 2.35. The second kappa shape index (κ2) is 5.28. The van der Waals surface area contributed by atoms with Crippen LogP contribution in [0.3, 0.4) is 0 Å². The summed E-state index contributed by atoms with van der Waals surface area (Å²) >= 11 is 0. The van der Waals surface area contributed by atoms with Crippen molar-refractivity contribution in [3.05, 3.63) is 39.7 Å². The highest BCUT2D eigenvalue weighted by molar-refractivity contribution is 7.87. The molecule has 0 unspecified atom stereocenters. The number of aryl methyl sites for hydroxylation is 1. The molecule has 108 valence electrons. The molecule has 0 spiro atoms. The molecular weight excluding hydrogens is 280 g/mol. The molecule has 0 saturated heterocycles. The molecule has 1 aromatic carbocycles. The van der Waals surface area contributed by atoms with E-state index in [1.54, 1.807) is 26.0 Å². The van der Waals surface area contributed by atoms with E-state index in [2.05, 4.69) is 0 Å². The van der Waals surface area contributed by atoms with Gasteiger partial charge in [0, 0.05) is 17.0 Å². The normalized spacial score (nSPS) is 11.8. The van der Waals surface area contributed by atoms with Crippen LogP contribution < -0.4 is 9.81 Å². The summed E-state index contributed by atoms with van der Waals surface area (Å²) in [6, 6.07) is 4.68. The van der Waals surface area contributed by atoms with Gasteiger partial charge in [0.2, 0.25) is 0 Å². The zero-order valence-electron chi connectivity index (χ0n) is 11.6. The highest BCUT2D eigenvalue weighted by Crippen LogP contribution is 2.24. The van der Waals surface area contributed by atoms with Gasteiger partial charge in [-0.3, -0.25) is 0 Å². The quantitative estimate of drug-likeness (QED) is 0.640. The van der Waals surface area contributed by atoms with Gasteiger partial charge in [-0.25, -0.2) is 4.79 Å². The van der Waals surface area contributed by atoms with E-state index < -0.39 is 15.7 Å². The molecule has 2 rings (SSSR count). The van der Waals surface area contributed by atoms with E-state index in [-0.39, 0.29) is 11.5 Å². The number of hydrogen-bond acceptors (Lipinski definition) is 5. The Morgan fingerprint density at radius 3 is 2.55 bits per heavy atom. The molecule has 0 aliphatic rings. The minimum Gasteiger partial charge on any atom is -0.422 e. The molecule has 1 aromatic heterocycles. The van der Waals surface area contributed by atoms with E-state index in [9.17, 15) is 13.2 Å². The predicted octanol–water partition coefficient (Wildman–Crippen LogP) is 2.53. The van der Waals surface area contributed by atoms with Gasteiger partial charge in [0.15, 0.2) is 0 Å². The van der Waals surface area contributed by atoms with Gasteiger partial charge in [-0.1, -0.05) is 6.92 Å². The summed E-state index contributed by atoms with van der Waals surface area (Å²) < 4.78 is 33.3. The van der Waals surface area contributed by atoms with Crippen LogP contribution in [0.4, 0.5) is 0 Å². The molecule has 0 aliphatic heterocycles. The van der Waals surface area contributed by atoms with Crippen molar-refractivity contribution in [2.24, 2.45) is 0 Å². The van der Waals surface area contributed by atoms with E-state index in [0.717, 1.165) is 10.9 Å². The smallest absolute Gasteiger partial charge is 0.339 e. The highest BCUT2D eigenvalue weighted by Gasteiger charge is 2.13. The average molecular weight is 296 g/mol. The number of rotatable bonds is 4. The predicted molar refractivity (Wildman–Crippen MR) is 76.7 cm³/mol. The molecule has 0 bridgehead atoms. The molecule has 0 saturated carbocycles. The monoisotopic (exact) mass is 296 g/mol. The number of fused-ring (bicyclic) bond motifs is 1. The second-order valence-corrected chi connectivity index (χ2v) is 6.33. The number of hydrogen-bond donors (Lipinski definition) is 0. The van der Waals surface area contributed by atoms with Crippen LogP contribution in [0.2, 0.25) is 0 Å². The van der Waals surface area contributed by atoms with Crippen LogP contribution in [0, 0.1) is 13.8 Å². The lowest BCUT2D eigenvalue weighted by Crippen LogP contribution is -2.13. The topological polar surface area (TPSA) is 73.6 Å². The molecule has 0 aliphatic carbocycles. The third-order valence-electron chi connectivity index (χ3n) is 3.11. The van der Waals surface area contributed by atoms with Crippen LogP contribution in [0.15, 0.2) is 27.4 Å². The molecule has 0 radical (unpaired) electrons. The standard InChI is InChI=1S/C14H16O5S/c1-4-7-20(16,17)19-11-5-6-12-9(2)10(3)14(15)18-13(12)8-11/h5-6,8H,4,7H2,1-3H3. The van der Waals surface area contributed by atoms with Gasteiger partial charge in [-0.2, -0.15) is 8.42 Å². The number of benzene rings is 1. The van der Waals surface area contributed by atoms with Gasteiger partial charge in [-0.15, -0.1) is 0 Å². The summed E-state index contributed by atoms with van der Waals surface area (Å²) in [5.74, 6) is 0.0967. The zero-order valence-corrected chi connectivity index (χ0v) is 12.4. The van der Waals surface area contributed by atoms with Gasteiger partial charge in [-0.05, 0) is 38.0 Å². The van der Waals surface area contributed by atoms with Crippen LogP contribution in [0.5, 0.6) is 5.75 Å². The van der Waals surface area contributed by atoms with Crippen molar-refractivity contribution in [1.82, 2.24) is 0 Å². The van der Waals surface area contributed by atoms with E-state index >= 15 is 0 Å². The lowest BCUT2D eigenvalue weighted by atomic mass is 10.1. The van der Waals surface area contributed by atoms with Gasteiger partial charge in [0.25, 0.3) is 0 Å². The van der Waals surface area contributed by atoms with Gasteiger partial charge >= 0.3 is 15.7 Å². The van der Waals surface area contributed by atoms with Crippen molar-refractivity contribution in [3.63, 3.8) is 0 Å². The van der Waals surface area contributed by atoms with E-state index in [4.69, 9.17) is 8.60 Å². The Kier molecular flexibility index (Phi) is 3.85. The fourth-order valence-electron chi connectivity index (χ4n) is 1.92. The van der Waals surface area contributed by atoms with Crippen molar-refractivity contribution in [2.75, 3.05) is 5.75 Å². The Bertz CT molecular complexity index is 802. The molecular formula is C14H16O5S. The minimum atomic E-state index is -3.60. The van der Waals surface area contributed by atoms with E-state index in [1.165, 1.54) is 6.07 Å². The zero-order chi connectivity index (χ0) is 14.9. The van der Waals surface area contributed by atoms with Crippen molar-refractivity contribution >= 4 is 21.1 Å². The Labute approximate surface area is 117 Å². The first kappa shape index (κ1) is 14.6. The summed E-state index contributed by atoms with van der Waals surface area (Å²) in [7, 11) is -3.60. The van der Waals surface area contributed by atoms with Gasteiger partial charge in [0.1, 0.15) is 11.3 Å². The molecule has 0 fully saturated rings. The Morgan fingerprint density at radius 2 is 1.90 bits per heavy atom. The summed E-state index contributed by atoms with van der Waals surface area (Å²) in [5, 5.41) is 0.766. The first-order valence-electron chi connectivity index (χ1n) is 6.30. The van der Waals surface area contributed by atoms with Crippen molar-refractivity contribution in [3.8, 4) is 5.75 Å². The van der Waals surface area contributed by atoms with Gasteiger partial charge < -0.3 is 8.60 Å². The van der Waals surface area contributed by atoms with Crippen LogP contribution in [-0.4, -0.2) is 14.2 Å². The summed E-state index contributed by atoms with van der Waals surface area (Å²) in [4.78, 5) is 11.6. The molecule has 1 heterocycles. The van der Waals surface area contributed by atoms with Gasteiger partial charge in [0.05, 0.1) is 5.75 Å². The third kappa shape index (κ3) is 2.85. The lowest BCUT2D eigenvalue weighted by molar-refractivity contribution is 0.484. The summed E-state index contributed by atoms with van der Waals surface area (Å²) in [6.07, 6.45) is 0.475. The summed E-state index contributed by atoms with van der Waals surface area (Å²) in [6.45, 7) is 5.27. The fraction of sp³-hybridized carbons (Fsp3) is 0.357. The SMILES string of the molecule is CCCS(=O)(=O)Oc1ccc2c(C)c(C)c(=O)oc2c1. The molecule has 0 N–H and O–H groups in total. The maximum Gasteiger partial charge on any atom is 0.339 e. The fourth-order valence-corrected chi connectivity index (χ4v) is 2.90. The van der Waals surface area contributed by atoms with Crippen molar-refractivity contribution < 1.29 is 17.0 Å². The molecule has 2 aromatic rings. The Hall–Kier alpha value is -1.82. The van der Waals surface area contributed by atoms with Crippen LogP contribution in [0.1, 0.15) is 24.5 Å². The second-order valence-electron chi connectivity index (χ2n) is 4.64. The first-order valence-corrected chi connectivity index (χ1v) is 7.88. The highest BCUT2D eigenvalue weighted by atomic mass is 32.2. The maximum absolute atomic E-state index is 11.6. The Morgan fingerprint density at radius 1 is 1.20 bits per heavy atom. The first-order chi connectivity index (χ1) is 9.34. The Balaban J connectivity index is 2.50. The molecule has 0 atom stereocenters. The summed E-state index contributed by atoms with van der Waals surface area (Å²) in [5.41, 5.74) is 1.26. The lowest BCUT2D eigenvalue weighted by Gasteiger charge is -2.08. The largest absolute Gasteiger partial charge is 0.422 e. The van der Waals surface area contributed by atoms with Crippen LogP contribution in [0.25, 0.3) is 11.0 Å². The van der Waals surface area contributed by atoms with Crippen LogP contribution in [-0.2, 0) is 10.1 Å². The molecule has 5 nitrogen and oxygen atoms in total. The molecule has 6 heteroatoms. The maximum atomic E-state index is 11.6. The van der Waals surface area contributed by atoms with Crippen molar-refractivity contribution in [2.45, 2.75) is 27.2 Å². The molecule has 0 amide bonds. The van der Waals surface area contributed by atoms with E-state index in [0.29, 0.717) is 17.6 Å². The van der Waals surface area contributed by atoms with Crippen molar-refractivity contribution in [1.29, 1.82) is 0 Å².